The Labute approximate surface area is 119 Å². The van der Waals surface area contributed by atoms with Crippen molar-refractivity contribution in [2.24, 2.45) is 0 Å². The molecule has 0 atom stereocenters. The number of nitrogens with two attached hydrogens (primary N) is 1. The lowest BCUT2D eigenvalue weighted by molar-refractivity contribution is -0.107. The lowest BCUT2D eigenvalue weighted by Gasteiger charge is -2.20. The molecule has 20 heavy (non-hydrogen) atoms. The molecule has 0 spiro atoms. The van der Waals surface area contributed by atoms with Crippen LogP contribution in [0, 0.1) is 0 Å². The van der Waals surface area contributed by atoms with Crippen molar-refractivity contribution in [3.63, 3.8) is 0 Å². The van der Waals surface area contributed by atoms with Gasteiger partial charge in [0.25, 0.3) is 0 Å². The molecule has 3 nitrogen and oxygen atoms in total. The summed E-state index contributed by atoms with van der Waals surface area (Å²) in [5, 5.41) is 0. The lowest BCUT2D eigenvalue weighted by Crippen LogP contribution is -2.14. The highest BCUT2D eigenvalue weighted by atomic mass is 16.1. The molecular weight excluding hydrogens is 248 g/mol. The van der Waals surface area contributed by atoms with Crippen LogP contribution in [0.1, 0.15) is 32.0 Å². The molecule has 2 N–H and O–H groups in total. The van der Waals surface area contributed by atoms with Crippen LogP contribution in [0.4, 0.5) is 5.69 Å². The number of aromatic nitrogens is 1. The van der Waals surface area contributed by atoms with Gasteiger partial charge in [0.15, 0.2) is 0 Å². The highest BCUT2D eigenvalue weighted by molar-refractivity contribution is 5.77. The van der Waals surface area contributed by atoms with Crippen LogP contribution >= 0.6 is 0 Å². The molecule has 0 amide bonds. The minimum Gasteiger partial charge on any atom is -0.397 e. The van der Waals surface area contributed by atoms with Gasteiger partial charge in [-0.25, -0.2) is 0 Å². The third-order valence-corrected chi connectivity index (χ3v) is 3.27. The van der Waals surface area contributed by atoms with E-state index in [1.807, 2.05) is 36.4 Å². The molecule has 0 bridgehead atoms. The number of anilines is 1. The van der Waals surface area contributed by atoms with Gasteiger partial charge in [-0.3, -0.25) is 4.98 Å². The van der Waals surface area contributed by atoms with Crippen molar-refractivity contribution in [2.45, 2.75) is 32.6 Å². The number of aldehydes is 1. The fourth-order valence-electron chi connectivity index (χ4n) is 2.12. The minimum atomic E-state index is -0.0396. The zero-order valence-corrected chi connectivity index (χ0v) is 12.2. The highest BCUT2D eigenvalue weighted by Gasteiger charge is 2.18. The van der Waals surface area contributed by atoms with Crippen LogP contribution in [0.2, 0.25) is 0 Å². The van der Waals surface area contributed by atoms with Gasteiger partial charge in [0, 0.05) is 23.1 Å². The summed E-state index contributed by atoms with van der Waals surface area (Å²) in [6, 6.07) is 11.6. The smallest absolute Gasteiger partial charge is 0.124 e. The van der Waals surface area contributed by atoms with E-state index < -0.39 is 0 Å². The number of benzene rings is 1. The summed E-state index contributed by atoms with van der Waals surface area (Å²) in [4.78, 5) is 15.5. The summed E-state index contributed by atoms with van der Waals surface area (Å²) in [6.07, 6.45) is 1.28. The second-order valence-corrected chi connectivity index (χ2v) is 5.91. The third kappa shape index (κ3) is 2.87. The Morgan fingerprint density at radius 3 is 2.50 bits per heavy atom. The zero-order valence-electron chi connectivity index (χ0n) is 12.2. The lowest BCUT2D eigenvalue weighted by atomic mass is 9.90. The normalized spacial score (nSPS) is 11.3. The Balaban J connectivity index is 2.60. The zero-order chi connectivity index (χ0) is 14.8. The van der Waals surface area contributed by atoms with Crippen molar-refractivity contribution < 1.29 is 4.79 Å². The van der Waals surface area contributed by atoms with Crippen molar-refractivity contribution in [1.29, 1.82) is 0 Å². The molecule has 0 aliphatic carbocycles. The molecule has 0 saturated heterocycles. The van der Waals surface area contributed by atoms with Crippen molar-refractivity contribution in [3.8, 4) is 11.3 Å². The molecule has 0 aliphatic heterocycles. The number of rotatable bonds is 3. The van der Waals surface area contributed by atoms with Crippen LogP contribution in [0.15, 0.2) is 36.4 Å². The average molecular weight is 268 g/mol. The quantitative estimate of drug-likeness (QED) is 0.868. The first kappa shape index (κ1) is 14.3. The maximum atomic E-state index is 10.8. The SMILES string of the molecule is CC(C)(C)c1ccc(N)c(-c2ccccc2CC=O)n1. The van der Waals surface area contributed by atoms with E-state index in [0.717, 1.165) is 28.8 Å². The molecule has 0 unspecified atom stereocenters. The van der Waals surface area contributed by atoms with Crippen molar-refractivity contribution in [1.82, 2.24) is 4.98 Å². The van der Waals surface area contributed by atoms with E-state index in [0.29, 0.717) is 12.1 Å². The number of hydrogen-bond acceptors (Lipinski definition) is 3. The Morgan fingerprint density at radius 1 is 1.15 bits per heavy atom. The van der Waals surface area contributed by atoms with Crippen LogP contribution in [0.3, 0.4) is 0 Å². The molecule has 0 aliphatic rings. The van der Waals surface area contributed by atoms with Crippen LogP contribution in [0.25, 0.3) is 11.3 Å². The van der Waals surface area contributed by atoms with Gasteiger partial charge in [-0.2, -0.15) is 0 Å². The van der Waals surface area contributed by atoms with Gasteiger partial charge in [-0.05, 0) is 17.7 Å². The van der Waals surface area contributed by atoms with Crippen molar-refractivity contribution in [2.75, 3.05) is 5.73 Å². The topological polar surface area (TPSA) is 56.0 Å². The van der Waals surface area contributed by atoms with Crippen molar-refractivity contribution in [3.05, 3.63) is 47.7 Å². The largest absolute Gasteiger partial charge is 0.397 e. The fourth-order valence-corrected chi connectivity index (χ4v) is 2.12. The summed E-state index contributed by atoms with van der Waals surface area (Å²) < 4.78 is 0. The minimum absolute atomic E-state index is 0.0396. The highest BCUT2D eigenvalue weighted by Crippen LogP contribution is 2.30. The second kappa shape index (κ2) is 5.45. The van der Waals surface area contributed by atoms with E-state index >= 15 is 0 Å². The van der Waals surface area contributed by atoms with Crippen LogP contribution in [-0.4, -0.2) is 11.3 Å². The summed E-state index contributed by atoms with van der Waals surface area (Å²) in [6.45, 7) is 6.35. The molecule has 0 radical (unpaired) electrons. The van der Waals surface area contributed by atoms with Gasteiger partial charge in [0.05, 0.1) is 11.4 Å². The van der Waals surface area contributed by atoms with Crippen LogP contribution in [0.5, 0.6) is 0 Å². The fraction of sp³-hybridized carbons (Fsp3) is 0.294. The van der Waals surface area contributed by atoms with Crippen LogP contribution in [-0.2, 0) is 16.6 Å². The van der Waals surface area contributed by atoms with Gasteiger partial charge in [0.1, 0.15) is 6.29 Å². The van der Waals surface area contributed by atoms with E-state index in [9.17, 15) is 4.79 Å². The Bertz CT molecular complexity index is 627. The standard InChI is InChI=1S/C17H20N2O/c1-17(2,3)15-9-8-14(18)16(19-15)13-7-5-4-6-12(13)10-11-20/h4-9,11H,10,18H2,1-3H3. The van der Waals surface area contributed by atoms with E-state index in [4.69, 9.17) is 10.7 Å². The maximum Gasteiger partial charge on any atom is 0.124 e. The van der Waals surface area contributed by atoms with Crippen LogP contribution < -0.4 is 5.73 Å². The first-order valence-electron chi connectivity index (χ1n) is 6.72. The molecule has 3 heteroatoms. The Hall–Kier alpha value is -2.16. The number of pyridine rings is 1. The summed E-state index contributed by atoms with van der Waals surface area (Å²) in [5.41, 5.74) is 10.3. The molecule has 1 aromatic heterocycles. The predicted molar refractivity (Wildman–Crippen MR) is 82.6 cm³/mol. The van der Waals surface area contributed by atoms with E-state index in [1.165, 1.54) is 0 Å². The van der Waals surface area contributed by atoms with Crippen molar-refractivity contribution >= 4 is 12.0 Å². The van der Waals surface area contributed by atoms with E-state index in [-0.39, 0.29) is 5.41 Å². The molecule has 0 fully saturated rings. The average Bonchev–Trinajstić information content (AvgIpc) is 2.39. The van der Waals surface area contributed by atoms with E-state index in [1.54, 1.807) is 0 Å². The summed E-state index contributed by atoms with van der Waals surface area (Å²) in [7, 11) is 0. The van der Waals surface area contributed by atoms with Gasteiger partial charge in [0.2, 0.25) is 0 Å². The number of nitrogens with zero attached hydrogens (tertiary/aromatic N) is 1. The Kier molecular flexibility index (Phi) is 3.89. The molecule has 1 aromatic carbocycles. The van der Waals surface area contributed by atoms with Gasteiger partial charge in [-0.15, -0.1) is 0 Å². The number of carbonyl (C=O) groups is 1. The monoisotopic (exact) mass is 268 g/mol. The molecule has 1 heterocycles. The first-order valence-corrected chi connectivity index (χ1v) is 6.72. The second-order valence-electron chi connectivity index (χ2n) is 5.91. The van der Waals surface area contributed by atoms with Gasteiger partial charge >= 0.3 is 0 Å². The van der Waals surface area contributed by atoms with E-state index in [2.05, 4.69) is 20.8 Å². The molecular formula is C17H20N2O. The maximum absolute atomic E-state index is 10.8. The van der Waals surface area contributed by atoms with Gasteiger partial charge < -0.3 is 10.5 Å². The predicted octanol–water partition coefficient (Wildman–Crippen LogP) is 3.37. The molecule has 0 saturated carbocycles. The molecule has 2 rings (SSSR count). The number of hydrogen-bond donors (Lipinski definition) is 1. The summed E-state index contributed by atoms with van der Waals surface area (Å²) >= 11 is 0. The van der Waals surface area contributed by atoms with Gasteiger partial charge in [-0.1, -0.05) is 45.0 Å². The number of nitrogen functional groups attached to an aromatic ring is 1. The molecule has 2 aromatic rings. The summed E-state index contributed by atoms with van der Waals surface area (Å²) in [5.74, 6) is 0. The first-order chi connectivity index (χ1) is 9.43. The Morgan fingerprint density at radius 2 is 1.85 bits per heavy atom. The third-order valence-electron chi connectivity index (χ3n) is 3.27. The number of carbonyl (C=O) groups excluding carboxylic acids is 1. The molecule has 104 valence electrons.